The molecule has 3 aliphatic rings. The van der Waals surface area contributed by atoms with E-state index in [2.05, 4.69) is 25.4 Å². The van der Waals surface area contributed by atoms with Crippen molar-refractivity contribution >= 4 is 29.7 Å². The van der Waals surface area contributed by atoms with Crippen LogP contribution in [0, 0.1) is 29.1 Å². The van der Waals surface area contributed by atoms with Crippen molar-refractivity contribution in [1.29, 1.82) is 0 Å². The lowest BCUT2D eigenvalue weighted by Crippen LogP contribution is -2.55. The maximum atomic E-state index is 14.7. The highest BCUT2D eigenvalue weighted by atomic mass is 16.6. The molecule has 0 radical (unpaired) electrons. The molecule has 0 spiro atoms. The van der Waals surface area contributed by atoms with Crippen molar-refractivity contribution in [3.05, 3.63) is 89.8 Å². The van der Waals surface area contributed by atoms with Crippen LogP contribution in [-0.4, -0.2) is 58.6 Å². The second-order valence-corrected chi connectivity index (χ2v) is 13.5. The number of aromatic nitrogens is 1. The number of ketones is 1. The van der Waals surface area contributed by atoms with Crippen LogP contribution in [-0.2, 0) is 33.3 Å². The van der Waals surface area contributed by atoms with Gasteiger partial charge in [-0.25, -0.2) is 9.59 Å². The number of allylic oxidation sites excluding steroid dienone is 1. The summed E-state index contributed by atoms with van der Waals surface area (Å²) in [6, 6.07) is 11.5. The Balaban J connectivity index is 1.68. The number of benzene rings is 1. The van der Waals surface area contributed by atoms with Gasteiger partial charge in [-0.1, -0.05) is 51.6 Å². The molecule has 1 aromatic carbocycles. The van der Waals surface area contributed by atoms with Crippen molar-refractivity contribution in [2.45, 2.75) is 78.3 Å². The monoisotopic (exact) mass is 643 g/mol. The second kappa shape index (κ2) is 12.9. The van der Waals surface area contributed by atoms with Crippen LogP contribution in [0.3, 0.4) is 0 Å². The summed E-state index contributed by atoms with van der Waals surface area (Å²) in [7, 11) is 0. The third-order valence-corrected chi connectivity index (χ3v) is 9.98. The van der Waals surface area contributed by atoms with Gasteiger partial charge in [0.25, 0.3) is 0 Å². The van der Waals surface area contributed by atoms with Gasteiger partial charge in [-0.15, -0.1) is 0 Å². The number of esters is 4. The van der Waals surface area contributed by atoms with E-state index < -0.39 is 65.4 Å². The molecular formula is C37H41NO9. The fourth-order valence-electron chi connectivity index (χ4n) is 7.55. The van der Waals surface area contributed by atoms with Gasteiger partial charge in [0, 0.05) is 38.2 Å². The van der Waals surface area contributed by atoms with E-state index in [1.807, 2.05) is 6.08 Å². The predicted molar refractivity (Wildman–Crippen MR) is 170 cm³/mol. The van der Waals surface area contributed by atoms with E-state index in [-0.39, 0.29) is 40.4 Å². The summed E-state index contributed by atoms with van der Waals surface area (Å²) in [5.41, 5.74) is -1.11. The van der Waals surface area contributed by atoms with Crippen LogP contribution in [0.2, 0.25) is 0 Å². The fraction of sp³-hybridized carbons (Fsp3) is 0.459. The van der Waals surface area contributed by atoms with Crippen molar-refractivity contribution in [2.75, 3.05) is 0 Å². The van der Waals surface area contributed by atoms with Gasteiger partial charge in [-0.05, 0) is 66.4 Å². The van der Waals surface area contributed by atoms with E-state index >= 15 is 0 Å². The van der Waals surface area contributed by atoms with Crippen molar-refractivity contribution in [3.63, 3.8) is 0 Å². The zero-order valence-electron chi connectivity index (χ0n) is 27.6. The number of rotatable bonds is 6. The normalized spacial score (nSPS) is 32.3. The maximum Gasteiger partial charge on any atom is 0.340 e. The molecule has 0 aliphatic heterocycles. The van der Waals surface area contributed by atoms with E-state index in [4.69, 9.17) is 18.9 Å². The fourth-order valence-corrected chi connectivity index (χ4v) is 7.55. The van der Waals surface area contributed by atoms with Gasteiger partial charge in [0.1, 0.15) is 18.3 Å². The van der Waals surface area contributed by atoms with Crippen molar-refractivity contribution in [2.24, 2.45) is 29.1 Å². The molecule has 2 aromatic rings. The summed E-state index contributed by atoms with van der Waals surface area (Å²) in [5, 5.41) is 0. The quantitative estimate of drug-likeness (QED) is 0.227. The van der Waals surface area contributed by atoms with Crippen LogP contribution in [0.1, 0.15) is 75.1 Å². The second-order valence-electron chi connectivity index (χ2n) is 13.5. The molecule has 0 N–H and O–H groups in total. The van der Waals surface area contributed by atoms with Crippen LogP contribution in [0.5, 0.6) is 0 Å². The molecule has 10 nitrogen and oxygen atoms in total. The highest BCUT2D eigenvalue weighted by Crippen LogP contribution is 2.63. The molecule has 8 atom stereocenters. The Hall–Kier alpha value is -4.60. The number of hydrogen-bond acceptors (Lipinski definition) is 10. The number of hydrogen-bond donors (Lipinski definition) is 0. The molecular weight excluding hydrogens is 602 g/mol. The predicted octanol–water partition coefficient (Wildman–Crippen LogP) is 5.47. The summed E-state index contributed by atoms with van der Waals surface area (Å²) >= 11 is 0. The third kappa shape index (κ3) is 6.50. The van der Waals surface area contributed by atoms with Gasteiger partial charge in [-0.2, -0.15) is 0 Å². The number of carbonyl (C=O) groups excluding carboxylic acids is 5. The lowest BCUT2D eigenvalue weighted by molar-refractivity contribution is -0.179. The first-order valence-electron chi connectivity index (χ1n) is 15.8. The largest absolute Gasteiger partial charge is 0.458 e. The van der Waals surface area contributed by atoms with Gasteiger partial charge in [0.15, 0.2) is 5.60 Å². The number of nitrogens with zero attached hydrogens (tertiary/aromatic N) is 1. The first kappa shape index (κ1) is 33.8. The highest BCUT2D eigenvalue weighted by molar-refractivity contribution is 6.03. The van der Waals surface area contributed by atoms with Gasteiger partial charge in [0.05, 0.1) is 17.0 Å². The van der Waals surface area contributed by atoms with Crippen molar-refractivity contribution < 1.29 is 42.9 Å². The zero-order chi connectivity index (χ0) is 34.3. The van der Waals surface area contributed by atoms with Crippen LogP contribution >= 0.6 is 0 Å². The summed E-state index contributed by atoms with van der Waals surface area (Å²) in [4.78, 5) is 71.2. The molecule has 2 saturated carbocycles. The number of ether oxygens (including phenoxy) is 4. The van der Waals surface area contributed by atoms with Gasteiger partial charge in [-0.3, -0.25) is 19.4 Å². The van der Waals surface area contributed by atoms with Gasteiger partial charge < -0.3 is 18.9 Å². The maximum absolute atomic E-state index is 14.7. The highest BCUT2D eigenvalue weighted by Gasteiger charge is 2.66. The molecule has 1 aromatic heterocycles. The van der Waals surface area contributed by atoms with Gasteiger partial charge in [0.2, 0.25) is 5.78 Å². The van der Waals surface area contributed by atoms with Crippen LogP contribution in [0.25, 0.3) is 0 Å². The first-order chi connectivity index (χ1) is 22.2. The molecule has 0 amide bonds. The smallest absolute Gasteiger partial charge is 0.340 e. The number of carbonyl (C=O) groups is 5. The molecule has 1 heterocycles. The Bertz CT molecular complexity index is 1610. The van der Waals surface area contributed by atoms with Crippen LogP contribution < -0.4 is 0 Å². The van der Waals surface area contributed by atoms with Crippen molar-refractivity contribution in [1.82, 2.24) is 4.98 Å². The SMILES string of the molecule is C=C1C(OC(C)=O)[C@H]2[C@@H](OC(=O)c3ccccc3)[C@@H](C)C[C@]2(OC(C)=O)C(=O)/C(C)=C/[C@@H]2[C@H](C[C@H]1OC(=O)c1cccnc1)C2(C)C. The molecule has 10 heteroatoms. The average molecular weight is 644 g/mol. The van der Waals surface area contributed by atoms with E-state index in [0.717, 1.165) is 0 Å². The van der Waals surface area contributed by atoms with E-state index in [9.17, 15) is 24.0 Å². The standard InChI is InChI=1S/C37H41NO9/c1-20-16-27-28(36(27,6)7)17-29(45-35(43)26-14-11-15-38-19-26)22(3)32(44-23(4)39)30-31(46-34(42)25-12-9-8-10-13-25)21(2)18-37(30,33(20)41)47-24(5)40/h8-16,19,21,27-32H,3,17-18H2,1-2,4-7H3/b20-16+/t21-,27+,28-,29+,30+,31-,32?,37+/m0/s1. The molecule has 47 heavy (non-hydrogen) atoms. The number of Topliss-reactive ketones (excluding diaryl/α,β-unsaturated/α-hetero) is 1. The van der Waals surface area contributed by atoms with Crippen LogP contribution in [0.15, 0.2) is 78.7 Å². The van der Waals surface area contributed by atoms with E-state index in [0.29, 0.717) is 12.0 Å². The Morgan fingerprint density at radius 2 is 1.57 bits per heavy atom. The lowest BCUT2D eigenvalue weighted by atomic mass is 9.76. The van der Waals surface area contributed by atoms with Crippen molar-refractivity contribution in [3.8, 4) is 0 Å². The number of pyridine rings is 1. The van der Waals surface area contributed by atoms with Crippen LogP contribution in [0.4, 0.5) is 0 Å². The minimum atomic E-state index is -1.90. The Kier molecular flexibility index (Phi) is 9.26. The Morgan fingerprint density at radius 1 is 0.915 bits per heavy atom. The molecule has 0 saturated heterocycles. The summed E-state index contributed by atoms with van der Waals surface area (Å²) < 4.78 is 24.2. The molecule has 2 fully saturated rings. The number of fused-ring (bicyclic) bond motifs is 2. The Morgan fingerprint density at radius 3 is 2.19 bits per heavy atom. The van der Waals surface area contributed by atoms with E-state index in [1.165, 1.54) is 26.2 Å². The third-order valence-electron chi connectivity index (χ3n) is 9.98. The zero-order valence-corrected chi connectivity index (χ0v) is 27.6. The molecule has 1 unspecified atom stereocenters. The molecule has 0 bridgehead atoms. The first-order valence-corrected chi connectivity index (χ1v) is 15.8. The lowest BCUT2D eigenvalue weighted by Gasteiger charge is -2.40. The summed E-state index contributed by atoms with van der Waals surface area (Å²) in [6.45, 7) is 14.3. The minimum absolute atomic E-state index is 0.0172. The summed E-state index contributed by atoms with van der Waals surface area (Å²) in [5.74, 6) is -5.08. The summed E-state index contributed by atoms with van der Waals surface area (Å²) in [6.07, 6.45) is 1.70. The molecule has 5 rings (SSSR count). The van der Waals surface area contributed by atoms with Gasteiger partial charge >= 0.3 is 23.9 Å². The van der Waals surface area contributed by atoms with E-state index in [1.54, 1.807) is 56.3 Å². The molecule has 248 valence electrons. The molecule has 3 aliphatic carbocycles. The minimum Gasteiger partial charge on any atom is -0.458 e. The Labute approximate surface area is 274 Å². The topological polar surface area (TPSA) is 135 Å². The average Bonchev–Trinajstić information content (AvgIpc) is 3.41.